The van der Waals surface area contributed by atoms with Crippen LogP contribution in [-0.2, 0) is 6.54 Å². The van der Waals surface area contributed by atoms with Crippen molar-refractivity contribution in [1.29, 1.82) is 0 Å². The van der Waals surface area contributed by atoms with Crippen molar-refractivity contribution >= 4 is 5.82 Å². The molecule has 16 heavy (non-hydrogen) atoms. The maximum absolute atomic E-state index is 9.22. The molecule has 2 rings (SSSR count). The molecule has 0 aromatic carbocycles. The van der Waals surface area contributed by atoms with Crippen molar-refractivity contribution in [3.8, 4) is 0 Å². The molecule has 0 spiro atoms. The number of aromatic nitrogens is 1. The highest BCUT2D eigenvalue weighted by Crippen LogP contribution is 2.28. The molecule has 1 aliphatic carbocycles. The number of hydrogen-bond acceptors (Lipinski definition) is 4. The molecule has 1 saturated carbocycles. The summed E-state index contributed by atoms with van der Waals surface area (Å²) in [5.41, 5.74) is 6.57. The highest BCUT2D eigenvalue weighted by Gasteiger charge is 2.28. The van der Waals surface area contributed by atoms with Gasteiger partial charge >= 0.3 is 0 Å². The van der Waals surface area contributed by atoms with Crippen molar-refractivity contribution < 1.29 is 5.11 Å². The van der Waals surface area contributed by atoms with Gasteiger partial charge in [0.25, 0.3) is 0 Å². The van der Waals surface area contributed by atoms with Crippen LogP contribution in [0.1, 0.15) is 18.4 Å². The van der Waals surface area contributed by atoms with Crippen molar-refractivity contribution in [2.24, 2.45) is 11.7 Å². The van der Waals surface area contributed by atoms with Gasteiger partial charge in [-0.3, -0.25) is 0 Å². The first-order valence-corrected chi connectivity index (χ1v) is 5.73. The molecular formula is C12H19N3O. The van der Waals surface area contributed by atoms with Gasteiger partial charge in [0, 0.05) is 26.3 Å². The van der Waals surface area contributed by atoms with Crippen molar-refractivity contribution in [3.05, 3.63) is 23.9 Å². The highest BCUT2D eigenvalue weighted by atomic mass is 16.3. The van der Waals surface area contributed by atoms with E-state index in [-0.39, 0.29) is 6.10 Å². The fourth-order valence-electron chi connectivity index (χ4n) is 2.09. The summed E-state index contributed by atoms with van der Waals surface area (Å²) >= 11 is 0. The van der Waals surface area contributed by atoms with Gasteiger partial charge in [0.2, 0.25) is 0 Å². The summed E-state index contributed by atoms with van der Waals surface area (Å²) in [5.74, 6) is 1.58. The zero-order valence-electron chi connectivity index (χ0n) is 9.63. The largest absolute Gasteiger partial charge is 0.393 e. The van der Waals surface area contributed by atoms with Crippen LogP contribution in [0.5, 0.6) is 0 Å². The molecule has 1 fully saturated rings. The van der Waals surface area contributed by atoms with Crippen LogP contribution < -0.4 is 10.6 Å². The first-order valence-electron chi connectivity index (χ1n) is 5.73. The number of anilines is 1. The van der Waals surface area contributed by atoms with Gasteiger partial charge in [0.1, 0.15) is 5.82 Å². The van der Waals surface area contributed by atoms with E-state index < -0.39 is 0 Å². The van der Waals surface area contributed by atoms with Crippen LogP contribution >= 0.6 is 0 Å². The first kappa shape index (κ1) is 11.4. The van der Waals surface area contributed by atoms with E-state index in [1.807, 2.05) is 25.4 Å². The van der Waals surface area contributed by atoms with Crippen molar-refractivity contribution in [3.63, 3.8) is 0 Å². The summed E-state index contributed by atoms with van der Waals surface area (Å²) < 4.78 is 0. The van der Waals surface area contributed by atoms with E-state index in [0.29, 0.717) is 12.5 Å². The van der Waals surface area contributed by atoms with Gasteiger partial charge in [-0.25, -0.2) is 4.98 Å². The molecule has 0 atom stereocenters. The number of aliphatic hydroxyl groups is 1. The maximum Gasteiger partial charge on any atom is 0.128 e. The molecular weight excluding hydrogens is 202 g/mol. The monoisotopic (exact) mass is 221 g/mol. The van der Waals surface area contributed by atoms with Gasteiger partial charge in [-0.05, 0) is 30.4 Å². The van der Waals surface area contributed by atoms with Crippen LogP contribution in [0.3, 0.4) is 0 Å². The number of nitrogens with two attached hydrogens (primary N) is 1. The van der Waals surface area contributed by atoms with Gasteiger partial charge < -0.3 is 15.7 Å². The minimum atomic E-state index is -0.0778. The van der Waals surface area contributed by atoms with Crippen molar-refractivity contribution in [1.82, 2.24) is 4.98 Å². The Bertz CT molecular complexity index is 333. The number of pyridine rings is 1. The Hall–Kier alpha value is -1.13. The average Bonchev–Trinajstić information content (AvgIpc) is 2.27. The number of nitrogens with zero attached hydrogens (tertiary/aromatic N) is 2. The fourth-order valence-corrected chi connectivity index (χ4v) is 2.09. The van der Waals surface area contributed by atoms with E-state index in [9.17, 15) is 5.11 Å². The van der Waals surface area contributed by atoms with Crippen molar-refractivity contribution in [2.75, 3.05) is 18.5 Å². The molecule has 1 aromatic rings. The third-order valence-corrected chi connectivity index (χ3v) is 3.18. The molecule has 4 nitrogen and oxygen atoms in total. The predicted molar refractivity (Wildman–Crippen MR) is 64.1 cm³/mol. The second-order valence-corrected chi connectivity index (χ2v) is 4.60. The molecule has 1 aliphatic rings. The zero-order chi connectivity index (χ0) is 11.5. The van der Waals surface area contributed by atoms with Gasteiger partial charge in [-0.1, -0.05) is 6.07 Å². The maximum atomic E-state index is 9.22. The van der Waals surface area contributed by atoms with E-state index in [2.05, 4.69) is 9.88 Å². The number of hydrogen-bond donors (Lipinski definition) is 2. The van der Waals surface area contributed by atoms with Crippen LogP contribution in [0.15, 0.2) is 18.3 Å². The van der Waals surface area contributed by atoms with Gasteiger partial charge in [0.05, 0.1) is 6.10 Å². The summed E-state index contributed by atoms with van der Waals surface area (Å²) in [6, 6.07) is 4.01. The quantitative estimate of drug-likeness (QED) is 0.787. The van der Waals surface area contributed by atoms with Crippen molar-refractivity contribution in [2.45, 2.75) is 25.5 Å². The Kier molecular flexibility index (Phi) is 3.41. The van der Waals surface area contributed by atoms with Gasteiger partial charge in [0.15, 0.2) is 0 Å². The second kappa shape index (κ2) is 4.80. The highest BCUT2D eigenvalue weighted by molar-refractivity contribution is 5.38. The van der Waals surface area contributed by atoms with Crippen LogP contribution in [-0.4, -0.2) is 29.8 Å². The Morgan fingerprint density at radius 2 is 2.25 bits per heavy atom. The molecule has 0 bridgehead atoms. The minimum absolute atomic E-state index is 0.0778. The lowest BCUT2D eigenvalue weighted by atomic mass is 9.82. The van der Waals surface area contributed by atoms with Gasteiger partial charge in [-0.2, -0.15) is 0 Å². The first-order chi connectivity index (χ1) is 7.69. The Morgan fingerprint density at radius 3 is 2.75 bits per heavy atom. The molecule has 0 radical (unpaired) electrons. The molecule has 0 aliphatic heterocycles. The smallest absolute Gasteiger partial charge is 0.128 e. The normalized spacial score (nSPS) is 23.9. The van der Waals surface area contributed by atoms with E-state index in [4.69, 9.17) is 5.73 Å². The molecule has 1 aromatic heterocycles. The third kappa shape index (κ3) is 2.51. The van der Waals surface area contributed by atoms with Crippen LogP contribution in [0, 0.1) is 5.92 Å². The lowest BCUT2D eigenvalue weighted by Crippen LogP contribution is -2.37. The molecule has 1 heterocycles. The van der Waals surface area contributed by atoms with Crippen LogP contribution in [0.4, 0.5) is 5.82 Å². The van der Waals surface area contributed by atoms with Crippen LogP contribution in [0.2, 0.25) is 0 Å². The lowest BCUT2D eigenvalue weighted by Gasteiger charge is -2.34. The fraction of sp³-hybridized carbons (Fsp3) is 0.583. The van der Waals surface area contributed by atoms with E-state index >= 15 is 0 Å². The average molecular weight is 221 g/mol. The van der Waals surface area contributed by atoms with E-state index in [0.717, 1.165) is 30.8 Å². The minimum Gasteiger partial charge on any atom is -0.393 e. The summed E-state index contributed by atoms with van der Waals surface area (Å²) in [4.78, 5) is 6.50. The number of rotatable bonds is 4. The standard InChI is InChI=1S/C12H19N3O/c1-15(8-10-4-11(16)5-10)12-3-2-9(6-13)7-14-12/h2-3,7,10-11,16H,4-6,8,13H2,1H3. The molecule has 0 amide bonds. The topological polar surface area (TPSA) is 62.4 Å². The Morgan fingerprint density at radius 1 is 1.50 bits per heavy atom. The molecule has 0 unspecified atom stereocenters. The summed E-state index contributed by atoms with van der Waals surface area (Å²) in [5, 5.41) is 9.22. The molecule has 4 heteroatoms. The second-order valence-electron chi connectivity index (χ2n) is 4.60. The van der Waals surface area contributed by atoms with Crippen LogP contribution in [0.25, 0.3) is 0 Å². The summed E-state index contributed by atoms with van der Waals surface area (Å²) in [6.07, 6.45) is 3.59. The predicted octanol–water partition coefficient (Wildman–Crippen LogP) is 0.747. The third-order valence-electron chi connectivity index (χ3n) is 3.18. The lowest BCUT2D eigenvalue weighted by molar-refractivity contribution is 0.0464. The zero-order valence-corrected chi connectivity index (χ0v) is 9.63. The van der Waals surface area contributed by atoms with E-state index in [1.54, 1.807) is 0 Å². The molecule has 88 valence electrons. The Balaban J connectivity index is 1.90. The molecule has 0 saturated heterocycles. The Labute approximate surface area is 96.1 Å². The summed E-state index contributed by atoms with van der Waals surface area (Å²) in [6.45, 7) is 1.50. The number of aliphatic hydroxyl groups excluding tert-OH is 1. The summed E-state index contributed by atoms with van der Waals surface area (Å²) in [7, 11) is 2.04. The SMILES string of the molecule is CN(CC1CC(O)C1)c1ccc(CN)cn1. The van der Waals surface area contributed by atoms with E-state index in [1.165, 1.54) is 0 Å². The molecule has 3 N–H and O–H groups in total. The van der Waals surface area contributed by atoms with Gasteiger partial charge in [-0.15, -0.1) is 0 Å².